The number of hydrogen-bond acceptors (Lipinski definition) is 9. The zero-order valence-corrected chi connectivity index (χ0v) is 14.1. The molecule has 0 saturated heterocycles. The number of aromatic nitrogens is 4. The third-order valence-corrected chi connectivity index (χ3v) is 4.01. The first-order chi connectivity index (χ1) is 12.6. The highest BCUT2D eigenvalue weighted by molar-refractivity contribution is 6.04. The smallest absolute Gasteiger partial charge is 0.265 e. The highest BCUT2D eigenvalue weighted by Gasteiger charge is 2.22. The highest BCUT2D eigenvalue weighted by Crippen LogP contribution is 2.25. The lowest BCUT2D eigenvalue weighted by molar-refractivity contribution is -0.0541. The van der Waals surface area contributed by atoms with Gasteiger partial charge in [-0.25, -0.2) is 5.43 Å². The van der Waals surface area contributed by atoms with Gasteiger partial charge in [0.25, 0.3) is 5.95 Å². The maximum absolute atomic E-state index is 9.68. The summed E-state index contributed by atoms with van der Waals surface area (Å²) >= 11 is 0. The number of aryl methyl sites for hydroxylation is 1. The number of para-hydroxylation sites is 1. The van der Waals surface area contributed by atoms with E-state index in [0.29, 0.717) is 17.7 Å². The van der Waals surface area contributed by atoms with E-state index in [0.717, 1.165) is 17.1 Å². The van der Waals surface area contributed by atoms with E-state index < -0.39 is 24.9 Å². The molecule has 26 heavy (non-hydrogen) atoms. The van der Waals surface area contributed by atoms with Crippen LogP contribution in [0.4, 0.5) is 5.95 Å². The van der Waals surface area contributed by atoms with Gasteiger partial charge in [-0.05, 0) is 13.0 Å². The summed E-state index contributed by atoms with van der Waals surface area (Å²) in [6, 6.07) is 7.80. The van der Waals surface area contributed by atoms with Crippen molar-refractivity contribution in [1.29, 1.82) is 0 Å². The maximum atomic E-state index is 9.68. The van der Waals surface area contributed by atoms with Crippen molar-refractivity contribution >= 4 is 34.2 Å². The molecule has 0 aliphatic rings. The molecule has 0 spiro atoms. The molecule has 0 bridgehead atoms. The molecule has 1 aromatic carbocycles. The Balaban J connectivity index is 1.83. The summed E-state index contributed by atoms with van der Waals surface area (Å²) in [7, 11) is 0. The predicted octanol–water partition coefficient (Wildman–Crippen LogP) is -0.528. The molecule has 10 nitrogen and oxygen atoms in total. The molecule has 0 saturated carbocycles. The topological polar surface area (TPSA) is 149 Å². The lowest BCUT2D eigenvalue weighted by atomic mass is 10.1. The third-order valence-electron chi connectivity index (χ3n) is 4.01. The van der Waals surface area contributed by atoms with Gasteiger partial charge in [0, 0.05) is 11.9 Å². The van der Waals surface area contributed by atoms with Crippen LogP contribution in [0.15, 0.2) is 29.4 Å². The molecule has 5 N–H and O–H groups in total. The highest BCUT2D eigenvalue weighted by atomic mass is 16.4. The molecule has 0 aliphatic carbocycles. The molecule has 0 amide bonds. The SMILES string of the molecule is CCn1c2ccccc2c2nnc(NN=C[C@H](O)[C@@H](O)[C@@H](O)CO)nc21. The summed E-state index contributed by atoms with van der Waals surface area (Å²) in [5.41, 5.74) is 4.86. The Morgan fingerprint density at radius 1 is 1.23 bits per heavy atom. The maximum Gasteiger partial charge on any atom is 0.265 e. The minimum atomic E-state index is -1.56. The number of rotatable bonds is 7. The molecular formula is C16H20N6O4. The summed E-state index contributed by atoms with van der Waals surface area (Å²) in [4.78, 5) is 4.41. The van der Waals surface area contributed by atoms with Crippen LogP contribution in [-0.2, 0) is 6.54 Å². The molecule has 2 heterocycles. The molecule has 10 heteroatoms. The van der Waals surface area contributed by atoms with Crippen LogP contribution in [0.25, 0.3) is 22.1 Å². The van der Waals surface area contributed by atoms with Crippen LogP contribution in [0.2, 0.25) is 0 Å². The molecule has 138 valence electrons. The first kappa shape index (κ1) is 18.1. The average Bonchev–Trinajstić information content (AvgIpc) is 2.99. The van der Waals surface area contributed by atoms with Gasteiger partial charge in [-0.3, -0.25) is 0 Å². The lowest BCUT2D eigenvalue weighted by Crippen LogP contribution is -2.40. The quantitative estimate of drug-likeness (QED) is 0.279. The number of aliphatic hydroxyl groups excluding tert-OH is 4. The Morgan fingerprint density at radius 3 is 2.73 bits per heavy atom. The zero-order valence-electron chi connectivity index (χ0n) is 14.1. The number of fused-ring (bicyclic) bond motifs is 3. The molecule has 3 atom stereocenters. The number of benzene rings is 1. The van der Waals surface area contributed by atoms with Gasteiger partial charge in [-0.15, -0.1) is 10.2 Å². The third kappa shape index (κ3) is 3.35. The number of hydrazone groups is 1. The van der Waals surface area contributed by atoms with Crippen LogP contribution in [0.5, 0.6) is 0 Å². The van der Waals surface area contributed by atoms with Gasteiger partial charge in [0.2, 0.25) is 0 Å². The summed E-state index contributed by atoms with van der Waals surface area (Å²) in [6.07, 6.45) is -3.52. The molecule has 0 radical (unpaired) electrons. The molecule has 0 aliphatic heterocycles. The monoisotopic (exact) mass is 360 g/mol. The van der Waals surface area contributed by atoms with Crippen molar-refractivity contribution in [2.45, 2.75) is 31.8 Å². The molecule has 3 aromatic rings. The van der Waals surface area contributed by atoms with Crippen molar-refractivity contribution in [2.75, 3.05) is 12.0 Å². The number of aliphatic hydroxyl groups is 4. The van der Waals surface area contributed by atoms with Gasteiger partial charge in [0.15, 0.2) is 5.65 Å². The largest absolute Gasteiger partial charge is 0.394 e. The van der Waals surface area contributed by atoms with Crippen molar-refractivity contribution in [3.8, 4) is 0 Å². The second-order valence-corrected chi connectivity index (χ2v) is 5.69. The van der Waals surface area contributed by atoms with E-state index in [4.69, 9.17) is 5.11 Å². The number of nitrogens with one attached hydrogen (secondary N) is 1. The minimum absolute atomic E-state index is 0.121. The van der Waals surface area contributed by atoms with Crippen molar-refractivity contribution in [3.05, 3.63) is 24.3 Å². The van der Waals surface area contributed by atoms with Crippen molar-refractivity contribution in [2.24, 2.45) is 5.10 Å². The number of hydrogen-bond donors (Lipinski definition) is 5. The van der Waals surface area contributed by atoms with Gasteiger partial charge in [0.1, 0.15) is 23.8 Å². The fraction of sp³-hybridized carbons (Fsp3) is 0.375. The van der Waals surface area contributed by atoms with Crippen LogP contribution in [0.1, 0.15) is 6.92 Å². The standard InChI is InChI=1S/C16H20N6O4/c1-2-22-10-6-4-3-5-9(10)13-15(22)18-16(21-19-13)20-17-7-11(24)14(26)12(25)8-23/h3-7,11-12,14,23-26H,2,8H2,1H3,(H,18,20,21)/t11-,12-,14+/m0/s1. The van der Waals surface area contributed by atoms with E-state index in [-0.39, 0.29) is 5.95 Å². The first-order valence-electron chi connectivity index (χ1n) is 8.12. The van der Waals surface area contributed by atoms with Crippen LogP contribution < -0.4 is 5.43 Å². The second kappa shape index (κ2) is 7.70. The van der Waals surface area contributed by atoms with E-state index in [1.807, 2.05) is 35.8 Å². The zero-order chi connectivity index (χ0) is 18.7. The van der Waals surface area contributed by atoms with Gasteiger partial charge >= 0.3 is 0 Å². The van der Waals surface area contributed by atoms with E-state index in [1.165, 1.54) is 0 Å². The summed E-state index contributed by atoms with van der Waals surface area (Å²) in [5.74, 6) is 0.121. The summed E-state index contributed by atoms with van der Waals surface area (Å²) in [6.45, 7) is 2.03. The fourth-order valence-electron chi connectivity index (χ4n) is 2.67. The molecule has 0 fully saturated rings. The van der Waals surface area contributed by atoms with Crippen LogP contribution >= 0.6 is 0 Å². The summed E-state index contributed by atoms with van der Waals surface area (Å²) in [5, 5.41) is 50.1. The van der Waals surface area contributed by atoms with Crippen LogP contribution in [0, 0.1) is 0 Å². The Bertz CT molecular complexity index is 928. The van der Waals surface area contributed by atoms with Crippen LogP contribution in [0.3, 0.4) is 0 Å². The molecule has 0 unspecified atom stereocenters. The van der Waals surface area contributed by atoms with Gasteiger partial charge in [-0.1, -0.05) is 18.2 Å². The van der Waals surface area contributed by atoms with E-state index >= 15 is 0 Å². The van der Waals surface area contributed by atoms with Gasteiger partial charge < -0.3 is 25.0 Å². The Kier molecular flexibility index (Phi) is 5.38. The van der Waals surface area contributed by atoms with Gasteiger partial charge in [0.05, 0.1) is 18.3 Å². The number of nitrogens with zero attached hydrogens (tertiary/aromatic N) is 5. The minimum Gasteiger partial charge on any atom is -0.394 e. The normalized spacial score (nSPS) is 15.6. The fourth-order valence-corrected chi connectivity index (χ4v) is 2.67. The van der Waals surface area contributed by atoms with Crippen molar-refractivity contribution in [3.63, 3.8) is 0 Å². The van der Waals surface area contributed by atoms with E-state index in [1.54, 1.807) is 0 Å². The predicted molar refractivity (Wildman–Crippen MR) is 95.7 cm³/mol. The van der Waals surface area contributed by atoms with Crippen molar-refractivity contribution in [1.82, 2.24) is 19.7 Å². The second-order valence-electron chi connectivity index (χ2n) is 5.69. The Hall–Kier alpha value is -2.66. The van der Waals surface area contributed by atoms with Gasteiger partial charge in [-0.2, -0.15) is 10.1 Å². The van der Waals surface area contributed by atoms with Crippen molar-refractivity contribution < 1.29 is 20.4 Å². The molecular weight excluding hydrogens is 340 g/mol. The summed E-state index contributed by atoms with van der Waals surface area (Å²) < 4.78 is 2.00. The first-order valence-corrected chi connectivity index (χ1v) is 8.12. The Morgan fingerprint density at radius 2 is 2.00 bits per heavy atom. The average molecular weight is 360 g/mol. The Labute approximate surface area is 148 Å². The van der Waals surface area contributed by atoms with Crippen LogP contribution in [-0.4, -0.2) is 71.3 Å². The van der Waals surface area contributed by atoms with E-state index in [2.05, 4.69) is 25.7 Å². The number of anilines is 1. The molecule has 3 rings (SSSR count). The molecule has 2 aromatic heterocycles. The lowest BCUT2D eigenvalue weighted by Gasteiger charge is -2.17. The van der Waals surface area contributed by atoms with E-state index in [9.17, 15) is 15.3 Å².